The number of halogens is 1. The molecule has 0 aliphatic heterocycles. The first-order valence-electron chi connectivity index (χ1n) is 4.22. The van der Waals surface area contributed by atoms with Gasteiger partial charge in [0, 0.05) is 19.0 Å². The molecule has 0 aromatic heterocycles. The molecule has 1 saturated carbocycles. The van der Waals surface area contributed by atoms with Gasteiger partial charge in [0.1, 0.15) is 0 Å². The van der Waals surface area contributed by atoms with Crippen LogP contribution in [0.5, 0.6) is 0 Å². The van der Waals surface area contributed by atoms with Crippen LogP contribution >= 0.6 is 15.9 Å². The van der Waals surface area contributed by atoms with E-state index in [1.807, 2.05) is 0 Å². The van der Waals surface area contributed by atoms with Gasteiger partial charge in [-0.05, 0) is 23.7 Å². The molecule has 3 atom stereocenters. The Balaban J connectivity index is 2.44. The van der Waals surface area contributed by atoms with Crippen LogP contribution in [-0.2, 0) is 4.74 Å². The summed E-state index contributed by atoms with van der Waals surface area (Å²) in [4.78, 5) is 0. The van der Waals surface area contributed by atoms with Crippen LogP contribution in [0.15, 0.2) is 0 Å². The van der Waals surface area contributed by atoms with Crippen LogP contribution in [0.4, 0.5) is 0 Å². The normalized spacial score (nSPS) is 38.7. The summed E-state index contributed by atoms with van der Waals surface area (Å²) in [6.45, 7) is 5.51. The third-order valence-electron chi connectivity index (χ3n) is 3.15. The number of hydrogen-bond donors (Lipinski definition) is 0. The molecule has 0 N–H and O–H groups in total. The largest absolute Gasteiger partial charge is 0.384 e. The molecule has 2 heteroatoms. The van der Waals surface area contributed by atoms with Crippen LogP contribution in [0.25, 0.3) is 0 Å². The lowest BCUT2D eigenvalue weighted by molar-refractivity contribution is 0.124. The summed E-state index contributed by atoms with van der Waals surface area (Å²) in [7, 11) is 1.78. The molecule has 0 aromatic carbocycles. The van der Waals surface area contributed by atoms with Gasteiger partial charge < -0.3 is 4.74 Å². The fraction of sp³-hybridized carbons (Fsp3) is 1.00. The summed E-state index contributed by atoms with van der Waals surface area (Å²) in [5.41, 5.74) is 0.552. The van der Waals surface area contributed by atoms with Crippen molar-refractivity contribution in [2.24, 2.45) is 17.3 Å². The lowest BCUT2D eigenvalue weighted by Gasteiger charge is -2.21. The lowest BCUT2D eigenvalue weighted by Crippen LogP contribution is -2.21. The van der Waals surface area contributed by atoms with Gasteiger partial charge in [0.2, 0.25) is 0 Å². The highest BCUT2D eigenvalue weighted by Gasteiger charge is 2.53. The maximum Gasteiger partial charge on any atom is 0.0493 e. The van der Waals surface area contributed by atoms with Crippen molar-refractivity contribution >= 4 is 15.9 Å². The summed E-state index contributed by atoms with van der Waals surface area (Å²) in [5.74, 6) is 1.58. The van der Waals surface area contributed by atoms with Crippen molar-refractivity contribution in [1.29, 1.82) is 0 Å². The Labute approximate surface area is 77.6 Å². The van der Waals surface area contributed by atoms with Crippen LogP contribution in [0, 0.1) is 17.3 Å². The van der Waals surface area contributed by atoms with Crippen LogP contribution in [-0.4, -0.2) is 19.0 Å². The lowest BCUT2D eigenvalue weighted by atomic mass is 9.91. The van der Waals surface area contributed by atoms with E-state index in [0.29, 0.717) is 11.3 Å². The van der Waals surface area contributed by atoms with Crippen molar-refractivity contribution < 1.29 is 4.74 Å². The van der Waals surface area contributed by atoms with Gasteiger partial charge in [-0.1, -0.05) is 29.8 Å². The second-order valence-corrected chi connectivity index (χ2v) is 4.39. The van der Waals surface area contributed by atoms with Crippen molar-refractivity contribution in [2.45, 2.75) is 20.3 Å². The molecule has 0 aromatic rings. The second kappa shape index (κ2) is 3.44. The third kappa shape index (κ3) is 1.62. The SMILES string of the molecule is COCC(C)C1(CBr)CC1C. The molecule has 3 unspecified atom stereocenters. The predicted molar refractivity (Wildman–Crippen MR) is 51.0 cm³/mol. The highest BCUT2D eigenvalue weighted by Crippen LogP contribution is 2.58. The molecule has 1 nitrogen and oxygen atoms in total. The molecule has 1 fully saturated rings. The summed E-state index contributed by atoms with van der Waals surface area (Å²) in [5, 5.41) is 1.13. The van der Waals surface area contributed by atoms with Gasteiger partial charge in [-0.3, -0.25) is 0 Å². The van der Waals surface area contributed by atoms with Gasteiger partial charge in [0.25, 0.3) is 0 Å². The topological polar surface area (TPSA) is 9.23 Å². The second-order valence-electron chi connectivity index (χ2n) is 3.83. The Hall–Kier alpha value is 0.440. The maximum atomic E-state index is 5.16. The van der Waals surface area contributed by atoms with Crippen LogP contribution in [0.1, 0.15) is 20.3 Å². The molecule has 1 rings (SSSR count). The average Bonchev–Trinajstić information content (AvgIpc) is 2.63. The van der Waals surface area contributed by atoms with E-state index in [0.717, 1.165) is 17.9 Å². The number of rotatable bonds is 4. The zero-order chi connectivity index (χ0) is 8.48. The van der Waals surface area contributed by atoms with E-state index in [4.69, 9.17) is 4.74 Å². The quantitative estimate of drug-likeness (QED) is 0.663. The van der Waals surface area contributed by atoms with E-state index in [2.05, 4.69) is 29.8 Å². The molecule has 0 saturated heterocycles. The first kappa shape index (κ1) is 9.53. The number of methoxy groups -OCH3 is 1. The van der Waals surface area contributed by atoms with Gasteiger partial charge >= 0.3 is 0 Å². The highest BCUT2D eigenvalue weighted by atomic mass is 79.9. The molecule has 0 spiro atoms. The first-order chi connectivity index (χ1) is 5.17. The summed E-state index contributed by atoms with van der Waals surface area (Å²) in [6, 6.07) is 0. The van der Waals surface area contributed by atoms with Gasteiger partial charge in [-0.15, -0.1) is 0 Å². The molecule has 11 heavy (non-hydrogen) atoms. The summed E-state index contributed by atoms with van der Waals surface area (Å²) < 4.78 is 5.16. The van der Waals surface area contributed by atoms with E-state index < -0.39 is 0 Å². The molecular formula is C9H17BrO. The monoisotopic (exact) mass is 220 g/mol. The minimum absolute atomic E-state index is 0.552. The van der Waals surface area contributed by atoms with Crippen LogP contribution in [0.3, 0.4) is 0 Å². The van der Waals surface area contributed by atoms with E-state index in [9.17, 15) is 0 Å². The highest BCUT2D eigenvalue weighted by molar-refractivity contribution is 9.09. The molecular weight excluding hydrogens is 204 g/mol. The molecule has 0 heterocycles. The standard InChI is InChI=1S/C9H17BrO/c1-7-4-9(7,6-10)8(2)5-11-3/h7-8H,4-6H2,1-3H3. The van der Waals surface area contributed by atoms with Crippen LogP contribution in [0.2, 0.25) is 0 Å². The number of ether oxygens (including phenoxy) is 1. The van der Waals surface area contributed by atoms with Crippen molar-refractivity contribution in [2.75, 3.05) is 19.0 Å². The van der Waals surface area contributed by atoms with Gasteiger partial charge in [-0.2, -0.15) is 0 Å². The Morgan fingerprint density at radius 1 is 1.73 bits per heavy atom. The molecule has 66 valence electrons. The van der Waals surface area contributed by atoms with Crippen molar-refractivity contribution in [3.63, 3.8) is 0 Å². The minimum atomic E-state index is 0.552. The Morgan fingerprint density at radius 2 is 2.27 bits per heavy atom. The molecule has 1 aliphatic rings. The van der Waals surface area contributed by atoms with E-state index in [-0.39, 0.29) is 0 Å². The Morgan fingerprint density at radius 3 is 2.55 bits per heavy atom. The number of hydrogen-bond acceptors (Lipinski definition) is 1. The first-order valence-corrected chi connectivity index (χ1v) is 5.34. The van der Waals surface area contributed by atoms with Gasteiger partial charge in [0.15, 0.2) is 0 Å². The average molecular weight is 221 g/mol. The Kier molecular flexibility index (Phi) is 2.98. The minimum Gasteiger partial charge on any atom is -0.384 e. The molecule has 0 amide bonds. The van der Waals surface area contributed by atoms with Crippen molar-refractivity contribution in [3.8, 4) is 0 Å². The number of alkyl halides is 1. The molecule has 0 bridgehead atoms. The fourth-order valence-corrected chi connectivity index (χ4v) is 3.27. The fourth-order valence-electron chi connectivity index (χ4n) is 1.93. The summed E-state index contributed by atoms with van der Waals surface area (Å²) in [6.07, 6.45) is 1.36. The third-order valence-corrected chi connectivity index (χ3v) is 4.20. The maximum absolute atomic E-state index is 5.16. The van der Waals surface area contributed by atoms with E-state index in [1.54, 1.807) is 7.11 Å². The van der Waals surface area contributed by atoms with Gasteiger partial charge in [0.05, 0.1) is 0 Å². The summed E-state index contributed by atoms with van der Waals surface area (Å²) >= 11 is 3.59. The zero-order valence-corrected chi connectivity index (χ0v) is 9.15. The van der Waals surface area contributed by atoms with Crippen molar-refractivity contribution in [1.82, 2.24) is 0 Å². The zero-order valence-electron chi connectivity index (χ0n) is 7.56. The van der Waals surface area contributed by atoms with Gasteiger partial charge in [-0.25, -0.2) is 0 Å². The van der Waals surface area contributed by atoms with Crippen LogP contribution < -0.4 is 0 Å². The predicted octanol–water partition coefficient (Wildman–Crippen LogP) is 2.69. The molecule has 0 radical (unpaired) electrons. The molecule has 1 aliphatic carbocycles. The smallest absolute Gasteiger partial charge is 0.0493 e. The Bertz CT molecular complexity index is 134. The van der Waals surface area contributed by atoms with E-state index >= 15 is 0 Å². The van der Waals surface area contributed by atoms with Crippen molar-refractivity contribution in [3.05, 3.63) is 0 Å². The van der Waals surface area contributed by atoms with E-state index in [1.165, 1.54) is 6.42 Å².